The van der Waals surface area contributed by atoms with E-state index in [0.29, 0.717) is 18.7 Å². The summed E-state index contributed by atoms with van der Waals surface area (Å²) < 4.78 is 53.3. The summed E-state index contributed by atoms with van der Waals surface area (Å²) in [5, 5.41) is 14.0. The van der Waals surface area contributed by atoms with Crippen LogP contribution in [-0.2, 0) is 12.7 Å². The van der Waals surface area contributed by atoms with Crippen molar-refractivity contribution in [2.45, 2.75) is 25.7 Å². The van der Waals surface area contributed by atoms with Crippen molar-refractivity contribution in [3.05, 3.63) is 53.1 Å². The molecule has 0 bridgehead atoms. The van der Waals surface area contributed by atoms with Gasteiger partial charge in [0.15, 0.2) is 0 Å². The van der Waals surface area contributed by atoms with E-state index in [4.69, 9.17) is 0 Å². The third-order valence-electron chi connectivity index (χ3n) is 2.94. The Bertz CT molecular complexity index is 607. The SMILES string of the molecule is CCn1nccc1C(O)c1cc(F)ccc1C(F)(F)F. The Morgan fingerprint density at radius 1 is 1.30 bits per heavy atom. The molecule has 0 fully saturated rings. The summed E-state index contributed by atoms with van der Waals surface area (Å²) >= 11 is 0. The van der Waals surface area contributed by atoms with Crippen molar-refractivity contribution in [2.24, 2.45) is 0 Å². The van der Waals surface area contributed by atoms with Crippen LogP contribution in [0.15, 0.2) is 30.5 Å². The standard InChI is InChI=1S/C13H12F4N2O/c1-2-19-11(5-6-18-19)12(20)9-7-8(14)3-4-10(9)13(15,16)17/h3-7,12,20H,2H2,1H3. The molecule has 0 amide bonds. The van der Waals surface area contributed by atoms with Gasteiger partial charge in [0.2, 0.25) is 0 Å². The van der Waals surface area contributed by atoms with Crippen LogP contribution in [0.4, 0.5) is 17.6 Å². The summed E-state index contributed by atoms with van der Waals surface area (Å²) in [7, 11) is 0. The second-order valence-corrected chi connectivity index (χ2v) is 4.20. The van der Waals surface area contributed by atoms with Gasteiger partial charge in [0.25, 0.3) is 0 Å². The van der Waals surface area contributed by atoms with Gasteiger partial charge in [-0.1, -0.05) is 0 Å². The molecule has 1 unspecified atom stereocenters. The fourth-order valence-electron chi connectivity index (χ4n) is 2.02. The maximum atomic E-state index is 13.2. The lowest BCUT2D eigenvalue weighted by Crippen LogP contribution is -2.15. The molecular weight excluding hydrogens is 276 g/mol. The maximum Gasteiger partial charge on any atom is 0.416 e. The highest BCUT2D eigenvalue weighted by Crippen LogP contribution is 2.36. The molecule has 1 aromatic carbocycles. The van der Waals surface area contributed by atoms with Crippen LogP contribution in [-0.4, -0.2) is 14.9 Å². The topological polar surface area (TPSA) is 38.0 Å². The van der Waals surface area contributed by atoms with Crippen LogP contribution in [0.5, 0.6) is 0 Å². The number of hydrogen-bond acceptors (Lipinski definition) is 2. The van der Waals surface area contributed by atoms with Gasteiger partial charge >= 0.3 is 6.18 Å². The van der Waals surface area contributed by atoms with Crippen LogP contribution < -0.4 is 0 Å². The number of hydrogen-bond donors (Lipinski definition) is 1. The van der Waals surface area contributed by atoms with E-state index in [1.165, 1.54) is 16.9 Å². The van der Waals surface area contributed by atoms with Gasteiger partial charge in [0.05, 0.1) is 11.3 Å². The van der Waals surface area contributed by atoms with Crippen molar-refractivity contribution in [3.8, 4) is 0 Å². The predicted octanol–water partition coefficient (Wildman–Crippen LogP) is 3.14. The van der Waals surface area contributed by atoms with Crippen molar-refractivity contribution < 1.29 is 22.7 Å². The van der Waals surface area contributed by atoms with Crippen LogP contribution in [0.25, 0.3) is 0 Å². The number of aliphatic hydroxyl groups is 1. The highest BCUT2D eigenvalue weighted by atomic mass is 19.4. The first-order chi connectivity index (χ1) is 9.34. The number of aliphatic hydroxyl groups excluding tert-OH is 1. The van der Waals surface area contributed by atoms with Crippen molar-refractivity contribution >= 4 is 0 Å². The van der Waals surface area contributed by atoms with Gasteiger partial charge in [-0.25, -0.2) is 4.39 Å². The third kappa shape index (κ3) is 2.67. The van der Waals surface area contributed by atoms with E-state index in [1.54, 1.807) is 6.92 Å². The molecule has 2 aromatic rings. The molecule has 0 saturated carbocycles. The van der Waals surface area contributed by atoms with E-state index < -0.39 is 29.2 Å². The van der Waals surface area contributed by atoms with Crippen LogP contribution in [0.2, 0.25) is 0 Å². The van der Waals surface area contributed by atoms with Crippen molar-refractivity contribution in [3.63, 3.8) is 0 Å². The van der Waals surface area contributed by atoms with Crippen molar-refractivity contribution in [1.29, 1.82) is 0 Å². The van der Waals surface area contributed by atoms with E-state index >= 15 is 0 Å². The first kappa shape index (κ1) is 14.5. The van der Waals surface area contributed by atoms with Gasteiger partial charge in [-0.3, -0.25) is 4.68 Å². The van der Waals surface area contributed by atoms with Gasteiger partial charge < -0.3 is 5.11 Å². The smallest absolute Gasteiger partial charge is 0.382 e. The zero-order valence-corrected chi connectivity index (χ0v) is 10.5. The molecule has 1 atom stereocenters. The molecule has 0 aliphatic rings. The fourth-order valence-corrected chi connectivity index (χ4v) is 2.02. The Labute approximate surface area is 112 Å². The van der Waals surface area contributed by atoms with E-state index in [-0.39, 0.29) is 5.69 Å². The molecule has 2 rings (SSSR count). The summed E-state index contributed by atoms with van der Waals surface area (Å²) in [5.74, 6) is -0.838. The molecule has 1 N–H and O–H groups in total. The first-order valence-electron chi connectivity index (χ1n) is 5.91. The predicted molar refractivity (Wildman–Crippen MR) is 63.4 cm³/mol. The van der Waals surface area contributed by atoms with E-state index in [9.17, 15) is 22.7 Å². The Kier molecular flexibility index (Phi) is 3.80. The minimum Gasteiger partial charge on any atom is -0.382 e. The van der Waals surface area contributed by atoms with Gasteiger partial charge in [0, 0.05) is 18.3 Å². The van der Waals surface area contributed by atoms with Crippen molar-refractivity contribution in [1.82, 2.24) is 9.78 Å². The number of alkyl halides is 3. The average molecular weight is 288 g/mol. The molecule has 0 aliphatic carbocycles. The number of nitrogens with zero attached hydrogens (tertiary/aromatic N) is 2. The molecule has 7 heteroatoms. The summed E-state index contributed by atoms with van der Waals surface area (Å²) in [5.41, 5.74) is -1.40. The lowest BCUT2D eigenvalue weighted by molar-refractivity contribution is -0.139. The molecule has 0 radical (unpaired) electrons. The zero-order chi connectivity index (χ0) is 14.9. The number of aryl methyl sites for hydroxylation is 1. The second-order valence-electron chi connectivity index (χ2n) is 4.20. The second kappa shape index (κ2) is 5.24. The largest absolute Gasteiger partial charge is 0.416 e. The third-order valence-corrected chi connectivity index (χ3v) is 2.94. The monoisotopic (exact) mass is 288 g/mol. The molecule has 0 saturated heterocycles. The van der Waals surface area contributed by atoms with Crippen LogP contribution in [0.1, 0.15) is 29.8 Å². The summed E-state index contributed by atoms with van der Waals surface area (Å²) in [4.78, 5) is 0. The molecule has 0 spiro atoms. The molecule has 20 heavy (non-hydrogen) atoms. The zero-order valence-electron chi connectivity index (χ0n) is 10.5. The number of benzene rings is 1. The molecular formula is C13H12F4N2O. The normalized spacial score (nSPS) is 13.5. The molecule has 1 aromatic heterocycles. The van der Waals surface area contributed by atoms with Crippen LogP contribution in [0, 0.1) is 5.82 Å². The Balaban J connectivity index is 2.54. The van der Waals surface area contributed by atoms with Crippen molar-refractivity contribution in [2.75, 3.05) is 0 Å². The molecule has 1 heterocycles. The van der Waals surface area contributed by atoms with Crippen LogP contribution >= 0.6 is 0 Å². The lowest BCUT2D eigenvalue weighted by atomic mass is 9.99. The van der Waals surface area contributed by atoms with Gasteiger partial charge in [-0.2, -0.15) is 18.3 Å². The molecule has 0 aliphatic heterocycles. The highest BCUT2D eigenvalue weighted by molar-refractivity contribution is 5.36. The van der Waals surface area contributed by atoms with E-state index in [1.807, 2.05) is 0 Å². The van der Waals surface area contributed by atoms with Crippen LogP contribution in [0.3, 0.4) is 0 Å². The van der Waals surface area contributed by atoms with E-state index in [2.05, 4.69) is 5.10 Å². The van der Waals surface area contributed by atoms with Gasteiger partial charge in [0.1, 0.15) is 11.9 Å². The lowest BCUT2D eigenvalue weighted by Gasteiger charge is -2.18. The number of rotatable bonds is 3. The Morgan fingerprint density at radius 3 is 2.60 bits per heavy atom. The number of aromatic nitrogens is 2. The molecule has 3 nitrogen and oxygen atoms in total. The highest BCUT2D eigenvalue weighted by Gasteiger charge is 2.36. The summed E-state index contributed by atoms with van der Waals surface area (Å²) in [6.07, 6.45) is -4.89. The maximum absolute atomic E-state index is 13.2. The summed E-state index contributed by atoms with van der Waals surface area (Å²) in [6.45, 7) is 2.12. The van der Waals surface area contributed by atoms with E-state index in [0.717, 1.165) is 6.07 Å². The minimum atomic E-state index is -4.67. The minimum absolute atomic E-state index is 0.184. The average Bonchev–Trinajstić information content (AvgIpc) is 2.84. The van der Waals surface area contributed by atoms with Gasteiger partial charge in [-0.15, -0.1) is 0 Å². The fraction of sp³-hybridized carbons (Fsp3) is 0.308. The molecule has 108 valence electrons. The van der Waals surface area contributed by atoms with Gasteiger partial charge in [-0.05, 0) is 31.2 Å². The first-order valence-corrected chi connectivity index (χ1v) is 5.91. The Morgan fingerprint density at radius 2 is 2.00 bits per heavy atom. The quantitative estimate of drug-likeness (QED) is 0.881. The summed E-state index contributed by atoms with van der Waals surface area (Å²) in [6, 6.07) is 3.44. The number of halogens is 4. The Hall–Kier alpha value is -1.89.